The van der Waals surface area contributed by atoms with E-state index in [1.807, 2.05) is 13.0 Å². The van der Waals surface area contributed by atoms with Gasteiger partial charge in [-0.3, -0.25) is 24.5 Å². The third-order valence-corrected chi connectivity index (χ3v) is 4.61. The number of nitro groups is 1. The van der Waals surface area contributed by atoms with Gasteiger partial charge in [-0.25, -0.2) is 0 Å². The van der Waals surface area contributed by atoms with Crippen LogP contribution in [-0.2, 0) is 6.54 Å². The molecule has 28 heavy (non-hydrogen) atoms. The van der Waals surface area contributed by atoms with Crippen LogP contribution < -0.4 is 5.56 Å². The van der Waals surface area contributed by atoms with Crippen LogP contribution in [0.2, 0.25) is 5.02 Å². The van der Waals surface area contributed by atoms with E-state index in [1.54, 1.807) is 6.92 Å². The molecule has 0 spiro atoms. The second kappa shape index (κ2) is 9.15. The Morgan fingerprint density at radius 2 is 2.14 bits per heavy atom. The molecule has 1 aromatic heterocycles. The number of non-ortho nitro benzene ring substituents is 1. The van der Waals surface area contributed by atoms with E-state index in [4.69, 9.17) is 11.6 Å². The van der Waals surface area contributed by atoms with Crippen LogP contribution >= 0.6 is 11.6 Å². The van der Waals surface area contributed by atoms with Crippen molar-refractivity contribution >= 4 is 29.2 Å². The van der Waals surface area contributed by atoms with Crippen molar-refractivity contribution in [1.82, 2.24) is 4.57 Å². The smallest absolute Gasteiger partial charge is 0.271 e. The van der Waals surface area contributed by atoms with Crippen molar-refractivity contribution in [2.75, 3.05) is 0 Å². The Morgan fingerprint density at radius 3 is 2.71 bits per heavy atom. The quantitative estimate of drug-likeness (QED) is 0.321. The van der Waals surface area contributed by atoms with Gasteiger partial charge in [-0.1, -0.05) is 31.4 Å². The van der Waals surface area contributed by atoms with Crippen molar-refractivity contribution < 1.29 is 10.0 Å². The van der Waals surface area contributed by atoms with Crippen LogP contribution in [0.5, 0.6) is 5.88 Å². The molecule has 0 radical (unpaired) electrons. The van der Waals surface area contributed by atoms with Gasteiger partial charge in [0.25, 0.3) is 11.2 Å². The standard InChI is InChI=1S/C19H19ClN4O4/c1-3-4-5-8-23-18(25)14(10-21)12(2)15(19(23)26)11-22-17-7-6-13(24(27)28)9-16(17)20/h6-7,9,11,26H,3-5,8H2,1-2H3. The van der Waals surface area contributed by atoms with E-state index in [-0.39, 0.29) is 39.9 Å². The van der Waals surface area contributed by atoms with Gasteiger partial charge in [0.15, 0.2) is 0 Å². The topological polar surface area (TPSA) is 122 Å². The molecule has 0 saturated carbocycles. The minimum absolute atomic E-state index is 0.0643. The number of rotatable bonds is 7. The molecule has 0 bridgehead atoms. The Morgan fingerprint density at radius 1 is 1.43 bits per heavy atom. The summed E-state index contributed by atoms with van der Waals surface area (Å²) in [5.74, 6) is -0.278. The summed E-state index contributed by atoms with van der Waals surface area (Å²) in [5, 5.41) is 30.8. The van der Waals surface area contributed by atoms with Crippen LogP contribution in [0.15, 0.2) is 28.0 Å². The summed E-state index contributed by atoms with van der Waals surface area (Å²) in [6.45, 7) is 3.85. The summed E-state index contributed by atoms with van der Waals surface area (Å²) in [7, 11) is 0. The summed E-state index contributed by atoms with van der Waals surface area (Å²) in [6.07, 6.45) is 3.81. The molecule has 9 heteroatoms. The maximum absolute atomic E-state index is 12.5. The number of nitrogens with zero attached hydrogens (tertiary/aromatic N) is 4. The number of halogens is 1. The van der Waals surface area contributed by atoms with Crippen LogP contribution in [0.25, 0.3) is 0 Å². The molecule has 2 aromatic rings. The molecule has 0 aliphatic heterocycles. The molecular formula is C19H19ClN4O4. The monoisotopic (exact) mass is 402 g/mol. The third kappa shape index (κ3) is 4.38. The van der Waals surface area contributed by atoms with Gasteiger partial charge in [0.1, 0.15) is 11.6 Å². The van der Waals surface area contributed by atoms with Crippen LogP contribution in [0.4, 0.5) is 11.4 Å². The van der Waals surface area contributed by atoms with Crippen molar-refractivity contribution in [3.05, 3.63) is 60.4 Å². The number of hydrogen-bond donors (Lipinski definition) is 1. The predicted molar refractivity (Wildman–Crippen MR) is 107 cm³/mol. The van der Waals surface area contributed by atoms with Gasteiger partial charge in [-0.15, -0.1) is 0 Å². The van der Waals surface area contributed by atoms with Gasteiger partial charge in [0.05, 0.1) is 21.2 Å². The van der Waals surface area contributed by atoms with Gasteiger partial charge in [0.2, 0.25) is 5.88 Å². The van der Waals surface area contributed by atoms with Crippen molar-refractivity contribution in [3.8, 4) is 11.9 Å². The Bertz CT molecular complexity index is 1040. The van der Waals surface area contributed by atoms with Crippen LogP contribution in [0.3, 0.4) is 0 Å². The molecule has 0 unspecified atom stereocenters. The van der Waals surface area contributed by atoms with E-state index in [0.29, 0.717) is 12.0 Å². The first-order valence-corrected chi connectivity index (χ1v) is 9.04. The molecule has 8 nitrogen and oxygen atoms in total. The maximum atomic E-state index is 12.5. The number of pyridine rings is 1. The lowest BCUT2D eigenvalue weighted by Crippen LogP contribution is -2.25. The highest BCUT2D eigenvalue weighted by atomic mass is 35.5. The molecule has 2 rings (SSSR count). The van der Waals surface area contributed by atoms with Crippen molar-refractivity contribution in [1.29, 1.82) is 5.26 Å². The lowest BCUT2D eigenvalue weighted by Gasteiger charge is -2.13. The van der Waals surface area contributed by atoms with Crippen LogP contribution in [-0.4, -0.2) is 20.8 Å². The molecular weight excluding hydrogens is 384 g/mol. The fourth-order valence-electron chi connectivity index (χ4n) is 2.70. The molecule has 0 aliphatic carbocycles. The van der Waals surface area contributed by atoms with E-state index < -0.39 is 10.5 Å². The first-order valence-electron chi connectivity index (χ1n) is 8.66. The number of aliphatic imine (C=N–C) groups is 1. The van der Waals surface area contributed by atoms with E-state index >= 15 is 0 Å². The van der Waals surface area contributed by atoms with E-state index in [1.165, 1.54) is 29.0 Å². The highest BCUT2D eigenvalue weighted by Gasteiger charge is 2.18. The zero-order valence-corrected chi connectivity index (χ0v) is 16.2. The van der Waals surface area contributed by atoms with Crippen molar-refractivity contribution in [2.45, 2.75) is 39.7 Å². The zero-order valence-electron chi connectivity index (χ0n) is 15.5. The lowest BCUT2D eigenvalue weighted by molar-refractivity contribution is -0.384. The number of unbranched alkanes of at least 4 members (excludes halogenated alkanes) is 2. The number of aromatic hydroxyl groups is 1. The summed E-state index contributed by atoms with van der Waals surface area (Å²) in [4.78, 5) is 26.9. The average molecular weight is 403 g/mol. The molecule has 0 fully saturated rings. The van der Waals surface area contributed by atoms with Gasteiger partial charge in [-0.05, 0) is 25.0 Å². The molecule has 0 saturated heterocycles. The molecule has 146 valence electrons. The number of nitro benzene ring substituents is 1. The van der Waals surface area contributed by atoms with Crippen molar-refractivity contribution in [2.24, 2.45) is 4.99 Å². The minimum atomic E-state index is -0.569. The third-order valence-electron chi connectivity index (χ3n) is 4.31. The fourth-order valence-corrected chi connectivity index (χ4v) is 2.92. The number of nitriles is 1. The molecule has 1 N–H and O–H groups in total. The molecule has 0 amide bonds. The molecule has 0 atom stereocenters. The minimum Gasteiger partial charge on any atom is -0.494 e. The molecule has 0 aliphatic rings. The second-order valence-corrected chi connectivity index (χ2v) is 6.57. The summed E-state index contributed by atoms with van der Waals surface area (Å²) < 4.78 is 1.17. The number of hydrogen-bond acceptors (Lipinski definition) is 6. The average Bonchev–Trinajstić information content (AvgIpc) is 2.65. The predicted octanol–water partition coefficient (Wildman–Crippen LogP) is 4.24. The molecule has 1 heterocycles. The van der Waals surface area contributed by atoms with Crippen LogP contribution in [0.1, 0.15) is 42.9 Å². The largest absolute Gasteiger partial charge is 0.494 e. The number of aromatic nitrogens is 1. The highest BCUT2D eigenvalue weighted by molar-refractivity contribution is 6.33. The Balaban J connectivity index is 2.52. The normalized spacial score (nSPS) is 10.9. The lowest BCUT2D eigenvalue weighted by atomic mass is 10.1. The van der Waals surface area contributed by atoms with Gasteiger partial charge in [0, 0.05) is 24.9 Å². The first kappa shape index (κ1) is 21.1. The van der Waals surface area contributed by atoms with Gasteiger partial charge < -0.3 is 5.11 Å². The highest BCUT2D eigenvalue weighted by Crippen LogP contribution is 2.29. The first-order chi connectivity index (χ1) is 13.3. The Kier molecular flexibility index (Phi) is 6.90. The van der Waals surface area contributed by atoms with Gasteiger partial charge >= 0.3 is 0 Å². The van der Waals surface area contributed by atoms with E-state index in [0.717, 1.165) is 12.8 Å². The van der Waals surface area contributed by atoms with Crippen molar-refractivity contribution in [3.63, 3.8) is 0 Å². The second-order valence-electron chi connectivity index (χ2n) is 6.16. The maximum Gasteiger partial charge on any atom is 0.271 e. The number of benzene rings is 1. The Labute approximate surface area is 166 Å². The van der Waals surface area contributed by atoms with Crippen LogP contribution in [0, 0.1) is 28.4 Å². The van der Waals surface area contributed by atoms with E-state index in [2.05, 4.69) is 4.99 Å². The summed E-state index contributed by atoms with van der Waals surface area (Å²) >= 11 is 6.03. The summed E-state index contributed by atoms with van der Waals surface area (Å²) in [5.41, 5.74) is 0.0118. The Hall–Kier alpha value is -3.18. The fraction of sp³-hybridized carbons (Fsp3) is 0.316. The molecule has 1 aromatic carbocycles. The van der Waals surface area contributed by atoms with Gasteiger partial charge in [-0.2, -0.15) is 5.26 Å². The zero-order chi connectivity index (χ0) is 20.8. The SMILES string of the molecule is CCCCCn1c(O)c(C=Nc2ccc([N+](=O)[O-])cc2Cl)c(C)c(C#N)c1=O. The summed E-state index contributed by atoms with van der Waals surface area (Å²) in [6, 6.07) is 5.70. The van der Waals surface area contributed by atoms with E-state index in [9.17, 15) is 25.3 Å².